The Kier molecular flexibility index (Phi) is 23.8. The average Bonchev–Trinajstić information content (AvgIpc) is 0.772. The summed E-state index contributed by atoms with van der Waals surface area (Å²) in [4.78, 5) is 44.7. The molecule has 3 aromatic heterocycles. The number of unbranched alkanes of at least 4 members (excludes halogenated alkanes) is 1. The molecule has 11 aromatic rings. The van der Waals surface area contributed by atoms with E-state index in [1.807, 2.05) is 92.1 Å². The number of rotatable bonds is 20. The molecule has 13 nitrogen and oxygen atoms in total. The van der Waals surface area contributed by atoms with Gasteiger partial charge < -0.3 is 25.2 Å². The molecule has 0 radical (unpaired) electrons. The summed E-state index contributed by atoms with van der Waals surface area (Å²) in [5.74, 6) is -0.322. The van der Waals surface area contributed by atoms with Crippen LogP contribution in [0.4, 0.5) is 47.2 Å². The number of ether oxygens (including phenoxy) is 1. The maximum Gasteiger partial charge on any atom is 0.414 e. The van der Waals surface area contributed by atoms with Gasteiger partial charge >= 0.3 is 6.09 Å². The van der Waals surface area contributed by atoms with Crippen LogP contribution in [0, 0.1) is 17.5 Å². The largest absolute Gasteiger partial charge is 0.449 e. The molecule has 532 valence electrons. The molecule has 4 aliphatic rings. The number of amides is 1. The molecule has 0 saturated heterocycles. The number of nitrogens with zero attached hydrogens (tertiary/aromatic N) is 8. The lowest BCUT2D eigenvalue weighted by Gasteiger charge is -2.31. The Hall–Kier alpha value is -9.84. The molecule has 0 spiro atoms. The van der Waals surface area contributed by atoms with E-state index in [0.717, 1.165) is 147 Å². The maximum atomic E-state index is 14.0. The first-order valence-electron chi connectivity index (χ1n) is 36.3. The van der Waals surface area contributed by atoms with Gasteiger partial charge in [-0.3, -0.25) is 5.32 Å². The standard InChI is InChI=1S/C33H35FN4.C31H32F2N4.C22H19Cl2N3O2/c1-38(28-7-3-2-4-8-28)20-19-23-11-17-27(18-12-23)36-33-35-22-25-21-31(24-13-15-26(34)16-14-24)29-9-5-6-10-30(29)32(25)37-33;1-3-4-16-37(2)17-15-21-9-12-24(13-10-21)35-31-34-20-23-18-27(22-11-14-28(32)29(33)19-22)25-7-5-6-8-26(25)30(23)36-31;1-2-9-29-22(28)27-21-25-12-14-10-17(13-7-8-18(23)19(24)11-13)15-5-3-4-6-16(15)20(14)26-21/h5-6,9-18,22,28,31H,2-4,7-8,19-21H2,1H3,(H,35,36,37);5-14,19-20,27H,3-4,15-18H2,1-2H3,(H,34,35,36);3-8,11-12,17H,2,9-10H2,1H3,(H,25,26,27,28)/t31-;27-;/m00./s1. The lowest BCUT2D eigenvalue weighted by atomic mass is 9.78. The number of likely N-dealkylation sites (N-methyl/N-ethyl adjacent to an activating group) is 2. The summed E-state index contributed by atoms with van der Waals surface area (Å²) in [7, 11) is 4.46. The van der Waals surface area contributed by atoms with Gasteiger partial charge in [-0.2, -0.15) is 0 Å². The molecule has 4 aliphatic carbocycles. The van der Waals surface area contributed by atoms with Crippen molar-refractivity contribution in [2.75, 3.05) is 56.3 Å². The molecule has 1 amide bonds. The topological polar surface area (TPSA) is 146 Å². The minimum absolute atomic E-state index is 0.0882. The SMILES string of the molecule is CCCCN(C)CCc1ccc(Nc2ncc3c(n2)-c2ccccc2[C@H](c2ccc(F)c(F)c2)C3)cc1.CCCOC(=O)Nc1ncc2c(n1)-c1ccccc1C(c1ccc(Cl)c(Cl)c1)C2.CN(CCc1ccc(Nc2ncc3c(n2)-c2ccccc2[C@H](c2ccc(F)cc2)C3)cc1)C1CCCCC1. The minimum Gasteiger partial charge on any atom is -0.449 e. The second-order valence-corrected chi connectivity index (χ2v) is 28.3. The number of nitrogens with one attached hydrogen (secondary N) is 3. The van der Waals surface area contributed by atoms with Crippen molar-refractivity contribution in [1.82, 2.24) is 39.7 Å². The fraction of sp³-hybridized carbons (Fsp3) is 0.291. The number of halogens is 5. The van der Waals surface area contributed by atoms with Gasteiger partial charge in [-0.1, -0.05) is 184 Å². The Bertz CT molecular complexity index is 4770. The van der Waals surface area contributed by atoms with Gasteiger partial charge in [0.25, 0.3) is 0 Å². The number of carbonyl (C=O) groups excluding carboxylic acids is 1. The van der Waals surface area contributed by atoms with Crippen LogP contribution in [-0.2, 0) is 36.8 Å². The van der Waals surface area contributed by atoms with Crippen LogP contribution in [-0.4, -0.2) is 92.2 Å². The molecule has 3 N–H and O–H groups in total. The third-order valence-corrected chi connectivity index (χ3v) is 21.0. The Morgan fingerprint density at radius 1 is 0.500 bits per heavy atom. The van der Waals surface area contributed by atoms with Crippen LogP contribution in [0.25, 0.3) is 33.8 Å². The van der Waals surface area contributed by atoms with Gasteiger partial charge in [0, 0.05) is 83.5 Å². The fourth-order valence-corrected chi connectivity index (χ4v) is 14.9. The van der Waals surface area contributed by atoms with E-state index in [1.54, 1.807) is 12.3 Å². The van der Waals surface area contributed by atoms with E-state index >= 15 is 0 Å². The molecule has 1 fully saturated rings. The molecule has 0 bridgehead atoms. The van der Waals surface area contributed by atoms with E-state index < -0.39 is 17.7 Å². The highest BCUT2D eigenvalue weighted by molar-refractivity contribution is 6.42. The zero-order chi connectivity index (χ0) is 72.1. The molecular formula is C86H86Cl2F3N11O2. The van der Waals surface area contributed by atoms with Crippen molar-refractivity contribution < 1.29 is 22.7 Å². The first-order valence-corrected chi connectivity index (χ1v) is 37.0. The highest BCUT2D eigenvalue weighted by Crippen LogP contribution is 2.46. The van der Waals surface area contributed by atoms with Crippen molar-refractivity contribution in [2.24, 2.45) is 0 Å². The lowest BCUT2D eigenvalue weighted by Crippen LogP contribution is -2.34. The first kappa shape index (κ1) is 72.5. The van der Waals surface area contributed by atoms with Gasteiger partial charge in [-0.25, -0.2) is 47.9 Å². The van der Waals surface area contributed by atoms with Crippen molar-refractivity contribution in [3.63, 3.8) is 0 Å². The van der Waals surface area contributed by atoms with Crippen LogP contribution in [0.2, 0.25) is 10.0 Å². The van der Waals surface area contributed by atoms with Crippen molar-refractivity contribution in [2.45, 2.75) is 121 Å². The monoisotopic (exact) mass is 1430 g/mol. The normalized spacial score (nSPS) is 15.5. The number of hydrogen-bond acceptors (Lipinski definition) is 12. The zero-order valence-corrected chi connectivity index (χ0v) is 60.7. The second-order valence-electron chi connectivity index (χ2n) is 27.5. The Labute approximate surface area is 617 Å². The van der Waals surface area contributed by atoms with Gasteiger partial charge in [-0.05, 0) is 200 Å². The summed E-state index contributed by atoms with van der Waals surface area (Å²) in [5.41, 5.74) is 19.8. The molecule has 8 aromatic carbocycles. The number of aromatic nitrogens is 6. The van der Waals surface area contributed by atoms with E-state index in [2.05, 4.69) is 146 Å². The van der Waals surface area contributed by atoms with Crippen molar-refractivity contribution >= 4 is 58.5 Å². The van der Waals surface area contributed by atoms with Crippen LogP contribution >= 0.6 is 23.2 Å². The number of fused-ring (bicyclic) bond motifs is 9. The molecule has 15 rings (SSSR count). The average molecular weight is 1430 g/mol. The Morgan fingerprint density at radius 2 is 0.971 bits per heavy atom. The third kappa shape index (κ3) is 17.7. The van der Waals surface area contributed by atoms with Crippen molar-refractivity contribution in [1.29, 1.82) is 0 Å². The highest BCUT2D eigenvalue weighted by atomic mass is 35.5. The molecule has 18 heteroatoms. The highest BCUT2D eigenvalue weighted by Gasteiger charge is 2.32. The predicted octanol–water partition coefficient (Wildman–Crippen LogP) is 20.7. The van der Waals surface area contributed by atoms with Crippen LogP contribution in [0.15, 0.2) is 201 Å². The molecule has 104 heavy (non-hydrogen) atoms. The number of benzene rings is 8. The van der Waals surface area contributed by atoms with Crippen molar-refractivity contribution in [3.05, 3.63) is 289 Å². The van der Waals surface area contributed by atoms with Crippen LogP contribution < -0.4 is 16.0 Å². The lowest BCUT2D eigenvalue weighted by molar-refractivity contribution is 0.161. The summed E-state index contributed by atoms with van der Waals surface area (Å²) >= 11 is 12.4. The van der Waals surface area contributed by atoms with Gasteiger partial charge in [0.1, 0.15) is 5.82 Å². The molecule has 3 heterocycles. The quantitative estimate of drug-likeness (QED) is 0.0668. The smallest absolute Gasteiger partial charge is 0.414 e. The van der Waals surface area contributed by atoms with Crippen LogP contribution in [0.1, 0.15) is 144 Å². The van der Waals surface area contributed by atoms with Gasteiger partial charge in [0.15, 0.2) is 11.6 Å². The zero-order valence-electron chi connectivity index (χ0n) is 59.2. The van der Waals surface area contributed by atoms with Crippen LogP contribution in [0.3, 0.4) is 0 Å². The summed E-state index contributed by atoms with van der Waals surface area (Å²) in [6, 6.07) is 59.1. The van der Waals surface area contributed by atoms with E-state index in [0.29, 0.717) is 35.0 Å². The third-order valence-electron chi connectivity index (χ3n) is 20.3. The maximum absolute atomic E-state index is 14.0. The molecular weight excluding hydrogens is 1350 g/mol. The summed E-state index contributed by atoms with van der Waals surface area (Å²) in [6.07, 6.45) is 19.3. The molecule has 1 saturated carbocycles. The predicted molar refractivity (Wildman–Crippen MR) is 412 cm³/mol. The van der Waals surface area contributed by atoms with Crippen molar-refractivity contribution in [3.8, 4) is 33.8 Å². The van der Waals surface area contributed by atoms with E-state index in [4.69, 9.17) is 37.9 Å². The first-order chi connectivity index (χ1) is 50.7. The second kappa shape index (κ2) is 34.2. The fourth-order valence-electron chi connectivity index (χ4n) is 14.6. The Balaban J connectivity index is 0.000000140. The summed E-state index contributed by atoms with van der Waals surface area (Å²) < 4.78 is 46.2. The van der Waals surface area contributed by atoms with Gasteiger partial charge in [0.05, 0.1) is 33.7 Å². The number of anilines is 5. The summed E-state index contributed by atoms with van der Waals surface area (Å²) in [6.45, 7) is 7.79. The van der Waals surface area contributed by atoms with E-state index in [9.17, 15) is 18.0 Å². The van der Waals surface area contributed by atoms with E-state index in [1.165, 1.54) is 85.9 Å². The van der Waals surface area contributed by atoms with Crippen LogP contribution in [0.5, 0.6) is 0 Å². The summed E-state index contributed by atoms with van der Waals surface area (Å²) in [5, 5.41) is 10.4. The Morgan fingerprint density at radius 3 is 1.48 bits per heavy atom. The number of hydrogen-bond donors (Lipinski definition) is 3. The number of carbonyl (C=O) groups is 1. The molecule has 0 aliphatic heterocycles. The molecule has 3 atom stereocenters. The minimum atomic E-state index is -0.834. The van der Waals surface area contributed by atoms with Gasteiger partial charge in [0.2, 0.25) is 17.8 Å². The van der Waals surface area contributed by atoms with Gasteiger partial charge in [-0.15, -0.1) is 0 Å². The molecule has 1 unspecified atom stereocenters. The van der Waals surface area contributed by atoms with E-state index in [-0.39, 0.29) is 29.5 Å².